The lowest BCUT2D eigenvalue weighted by molar-refractivity contribution is 0.0463. The highest BCUT2D eigenvalue weighted by Crippen LogP contribution is 2.06. The third kappa shape index (κ3) is 3.51. The largest absolute Gasteiger partial charge is 0.302 e. The van der Waals surface area contributed by atoms with Crippen LogP contribution in [0.1, 0.15) is 12.5 Å². The van der Waals surface area contributed by atoms with Gasteiger partial charge in [-0.1, -0.05) is 12.1 Å². The summed E-state index contributed by atoms with van der Waals surface area (Å²) in [6.07, 6.45) is 0. The van der Waals surface area contributed by atoms with Crippen molar-refractivity contribution < 1.29 is 4.84 Å². The molecule has 1 aromatic rings. The molecule has 3 heteroatoms. The molecule has 0 saturated heterocycles. The average Bonchev–Trinajstić information content (AvgIpc) is 2.09. The predicted octanol–water partition coefficient (Wildman–Crippen LogP) is 2.33. The molecular formula is C9H12INO. The van der Waals surface area contributed by atoms with Gasteiger partial charge < -0.3 is 4.84 Å². The van der Waals surface area contributed by atoms with Crippen LogP contribution in [0.5, 0.6) is 0 Å². The number of rotatable bonds is 4. The maximum Gasteiger partial charge on any atom is 0.0654 e. The zero-order chi connectivity index (χ0) is 8.81. The third-order valence-electron chi connectivity index (χ3n) is 1.44. The molecule has 1 aromatic carbocycles. The van der Waals surface area contributed by atoms with E-state index in [1.807, 2.05) is 6.92 Å². The maximum absolute atomic E-state index is 5.02. The normalized spacial score (nSPS) is 10.2. The minimum Gasteiger partial charge on any atom is -0.302 e. The van der Waals surface area contributed by atoms with Crippen LogP contribution in [0.2, 0.25) is 0 Å². The summed E-state index contributed by atoms with van der Waals surface area (Å²) in [5.41, 5.74) is 4.11. The zero-order valence-electron chi connectivity index (χ0n) is 7.01. The van der Waals surface area contributed by atoms with Gasteiger partial charge in [0.25, 0.3) is 0 Å². The highest BCUT2D eigenvalue weighted by molar-refractivity contribution is 14.1. The Morgan fingerprint density at radius 3 is 2.58 bits per heavy atom. The summed E-state index contributed by atoms with van der Waals surface area (Å²) in [7, 11) is 0. The van der Waals surface area contributed by atoms with Gasteiger partial charge in [-0.15, -0.1) is 0 Å². The molecule has 0 bridgehead atoms. The van der Waals surface area contributed by atoms with E-state index in [1.165, 1.54) is 9.13 Å². The van der Waals surface area contributed by atoms with Crippen molar-refractivity contribution in [3.05, 3.63) is 33.4 Å². The lowest BCUT2D eigenvalue weighted by Gasteiger charge is -2.03. The van der Waals surface area contributed by atoms with Gasteiger partial charge in [-0.25, -0.2) is 0 Å². The molecule has 0 amide bonds. The second-order valence-corrected chi connectivity index (χ2v) is 3.63. The molecule has 12 heavy (non-hydrogen) atoms. The van der Waals surface area contributed by atoms with Crippen LogP contribution < -0.4 is 5.48 Å². The van der Waals surface area contributed by atoms with Crippen molar-refractivity contribution in [1.29, 1.82) is 0 Å². The number of benzene rings is 1. The van der Waals surface area contributed by atoms with E-state index in [4.69, 9.17) is 4.84 Å². The average molecular weight is 277 g/mol. The van der Waals surface area contributed by atoms with Gasteiger partial charge in [-0.05, 0) is 47.2 Å². The molecule has 0 aliphatic rings. The first-order valence-corrected chi connectivity index (χ1v) is 5.00. The lowest BCUT2D eigenvalue weighted by atomic mass is 10.2. The van der Waals surface area contributed by atoms with Crippen molar-refractivity contribution in [3.63, 3.8) is 0 Å². The van der Waals surface area contributed by atoms with Crippen molar-refractivity contribution in [3.8, 4) is 0 Å². The summed E-state index contributed by atoms with van der Waals surface area (Å²) >= 11 is 2.29. The fourth-order valence-electron chi connectivity index (χ4n) is 0.839. The zero-order valence-corrected chi connectivity index (χ0v) is 9.17. The summed E-state index contributed by atoms with van der Waals surface area (Å²) in [6.45, 7) is 3.43. The number of hydrogen-bond donors (Lipinski definition) is 1. The van der Waals surface area contributed by atoms with Crippen LogP contribution in [-0.4, -0.2) is 6.61 Å². The van der Waals surface area contributed by atoms with E-state index in [0.717, 1.165) is 6.54 Å². The summed E-state index contributed by atoms with van der Waals surface area (Å²) in [6, 6.07) is 8.36. The Balaban J connectivity index is 2.37. The van der Waals surface area contributed by atoms with Crippen LogP contribution in [0.15, 0.2) is 24.3 Å². The highest BCUT2D eigenvalue weighted by Gasteiger charge is 1.90. The van der Waals surface area contributed by atoms with Crippen molar-refractivity contribution in [2.45, 2.75) is 13.5 Å². The minimum absolute atomic E-state index is 0.699. The Morgan fingerprint density at radius 2 is 2.00 bits per heavy atom. The number of nitrogens with one attached hydrogen (secondary N) is 1. The first-order chi connectivity index (χ1) is 5.83. The lowest BCUT2D eigenvalue weighted by Crippen LogP contribution is -2.13. The Morgan fingerprint density at radius 1 is 1.33 bits per heavy atom. The monoisotopic (exact) mass is 277 g/mol. The summed E-state index contributed by atoms with van der Waals surface area (Å²) in [5, 5.41) is 0. The second-order valence-electron chi connectivity index (χ2n) is 2.38. The minimum atomic E-state index is 0.699. The van der Waals surface area contributed by atoms with Crippen molar-refractivity contribution in [2.24, 2.45) is 0 Å². The number of halogens is 1. The van der Waals surface area contributed by atoms with Crippen LogP contribution >= 0.6 is 22.6 Å². The molecule has 0 unspecified atom stereocenters. The van der Waals surface area contributed by atoms with Gasteiger partial charge in [0.2, 0.25) is 0 Å². The maximum atomic E-state index is 5.02. The van der Waals surface area contributed by atoms with E-state index < -0.39 is 0 Å². The fourth-order valence-corrected chi connectivity index (χ4v) is 1.20. The molecule has 0 aromatic heterocycles. The molecule has 0 heterocycles. The first-order valence-electron chi connectivity index (χ1n) is 3.92. The van der Waals surface area contributed by atoms with Gasteiger partial charge in [0.05, 0.1) is 6.61 Å². The number of hydroxylamine groups is 1. The molecular weight excluding hydrogens is 265 g/mol. The van der Waals surface area contributed by atoms with Gasteiger partial charge in [0.1, 0.15) is 0 Å². The SMILES string of the molecule is CCONCc1ccc(I)cc1. The van der Waals surface area contributed by atoms with Gasteiger partial charge in [-0.2, -0.15) is 5.48 Å². The van der Waals surface area contributed by atoms with Crippen LogP contribution in [-0.2, 0) is 11.4 Å². The molecule has 0 atom stereocenters. The quantitative estimate of drug-likeness (QED) is 0.518. The number of hydrogen-bond acceptors (Lipinski definition) is 2. The van der Waals surface area contributed by atoms with E-state index in [0.29, 0.717) is 6.61 Å². The molecule has 1 N–H and O–H groups in total. The Bertz CT molecular complexity index is 222. The molecule has 0 saturated carbocycles. The van der Waals surface area contributed by atoms with Crippen LogP contribution in [0, 0.1) is 3.57 Å². The molecule has 2 nitrogen and oxygen atoms in total. The van der Waals surface area contributed by atoms with Crippen LogP contribution in [0.3, 0.4) is 0 Å². The van der Waals surface area contributed by atoms with E-state index in [1.54, 1.807) is 0 Å². The van der Waals surface area contributed by atoms with E-state index in [2.05, 4.69) is 52.3 Å². The predicted molar refractivity (Wildman–Crippen MR) is 57.6 cm³/mol. The Labute approximate surface area is 86.4 Å². The summed E-state index contributed by atoms with van der Waals surface area (Å²) < 4.78 is 1.26. The van der Waals surface area contributed by atoms with Crippen molar-refractivity contribution in [1.82, 2.24) is 5.48 Å². The molecule has 0 spiro atoms. The Kier molecular flexibility index (Phi) is 4.57. The van der Waals surface area contributed by atoms with E-state index in [-0.39, 0.29) is 0 Å². The van der Waals surface area contributed by atoms with Crippen LogP contribution in [0.4, 0.5) is 0 Å². The molecule has 1 rings (SSSR count). The standard InChI is InChI=1S/C9H12INO/c1-2-12-11-7-8-3-5-9(10)6-4-8/h3-6,11H,2,7H2,1H3. The van der Waals surface area contributed by atoms with Gasteiger partial charge in [0, 0.05) is 10.1 Å². The molecule has 0 aliphatic heterocycles. The van der Waals surface area contributed by atoms with E-state index in [9.17, 15) is 0 Å². The third-order valence-corrected chi connectivity index (χ3v) is 2.16. The Hall–Kier alpha value is -0.130. The highest BCUT2D eigenvalue weighted by atomic mass is 127. The van der Waals surface area contributed by atoms with E-state index >= 15 is 0 Å². The molecule has 0 radical (unpaired) electrons. The summed E-state index contributed by atoms with van der Waals surface area (Å²) in [5.74, 6) is 0. The summed E-state index contributed by atoms with van der Waals surface area (Å²) in [4.78, 5) is 5.02. The van der Waals surface area contributed by atoms with Crippen molar-refractivity contribution in [2.75, 3.05) is 6.61 Å². The van der Waals surface area contributed by atoms with Gasteiger partial charge in [0.15, 0.2) is 0 Å². The molecule has 0 fully saturated rings. The fraction of sp³-hybridized carbons (Fsp3) is 0.333. The van der Waals surface area contributed by atoms with Gasteiger partial charge in [-0.3, -0.25) is 0 Å². The second kappa shape index (κ2) is 5.50. The smallest absolute Gasteiger partial charge is 0.0654 e. The molecule has 66 valence electrons. The molecule has 0 aliphatic carbocycles. The topological polar surface area (TPSA) is 21.3 Å². The van der Waals surface area contributed by atoms with Gasteiger partial charge >= 0.3 is 0 Å². The van der Waals surface area contributed by atoms with Crippen molar-refractivity contribution >= 4 is 22.6 Å². The van der Waals surface area contributed by atoms with Crippen LogP contribution in [0.25, 0.3) is 0 Å². The first kappa shape index (κ1) is 9.95.